The third-order valence-electron chi connectivity index (χ3n) is 5.52. The van der Waals surface area contributed by atoms with Crippen LogP contribution >= 0.6 is 0 Å². The smallest absolute Gasteiger partial charge is 0.322 e. The monoisotopic (exact) mass is 341 g/mol. The van der Waals surface area contributed by atoms with E-state index in [0.717, 1.165) is 23.8 Å². The van der Waals surface area contributed by atoms with Crippen LogP contribution in [-0.2, 0) is 11.2 Å². The number of benzene rings is 1. The van der Waals surface area contributed by atoms with Crippen LogP contribution in [0.2, 0.25) is 0 Å². The first-order valence-corrected chi connectivity index (χ1v) is 8.37. The SMILES string of the molecule is Cc1c(C(N)=O)oc2cccc(CC3CCCC34NC(=O)NC4=O)c12. The second-order valence-electron chi connectivity index (χ2n) is 6.88. The van der Waals surface area contributed by atoms with Gasteiger partial charge in [0.1, 0.15) is 11.1 Å². The van der Waals surface area contributed by atoms with E-state index in [4.69, 9.17) is 10.2 Å². The van der Waals surface area contributed by atoms with E-state index in [1.54, 1.807) is 6.07 Å². The van der Waals surface area contributed by atoms with Crippen molar-refractivity contribution < 1.29 is 18.8 Å². The Morgan fingerprint density at radius 1 is 1.40 bits per heavy atom. The molecule has 7 heteroatoms. The van der Waals surface area contributed by atoms with Gasteiger partial charge in [-0.3, -0.25) is 14.9 Å². The van der Waals surface area contributed by atoms with Gasteiger partial charge in [-0.2, -0.15) is 0 Å². The van der Waals surface area contributed by atoms with Crippen LogP contribution in [0, 0.1) is 12.8 Å². The minimum atomic E-state index is -0.830. The number of aryl methyl sites for hydroxylation is 1. The summed E-state index contributed by atoms with van der Waals surface area (Å²) >= 11 is 0. The number of carbonyl (C=O) groups excluding carboxylic acids is 3. The highest BCUT2D eigenvalue weighted by Gasteiger charge is 2.54. The number of imide groups is 1. The van der Waals surface area contributed by atoms with Gasteiger partial charge in [-0.1, -0.05) is 18.6 Å². The summed E-state index contributed by atoms with van der Waals surface area (Å²) in [6, 6.07) is 5.20. The molecule has 0 bridgehead atoms. The molecule has 4 N–H and O–H groups in total. The predicted molar refractivity (Wildman–Crippen MR) is 89.9 cm³/mol. The summed E-state index contributed by atoms with van der Waals surface area (Å²) in [5, 5.41) is 6.07. The second-order valence-corrected chi connectivity index (χ2v) is 6.88. The van der Waals surface area contributed by atoms with Crippen molar-refractivity contribution in [2.24, 2.45) is 11.7 Å². The number of hydrogen-bond donors (Lipinski definition) is 3. The van der Waals surface area contributed by atoms with Crippen LogP contribution in [0.5, 0.6) is 0 Å². The summed E-state index contributed by atoms with van der Waals surface area (Å²) in [6.07, 6.45) is 2.99. The molecule has 4 rings (SSSR count). The van der Waals surface area contributed by atoms with Crippen molar-refractivity contribution in [2.75, 3.05) is 0 Å². The Balaban J connectivity index is 1.75. The average Bonchev–Trinajstić information content (AvgIpc) is 3.19. The lowest BCUT2D eigenvalue weighted by atomic mass is 9.82. The lowest BCUT2D eigenvalue weighted by Gasteiger charge is -2.28. The molecular weight excluding hydrogens is 322 g/mol. The molecule has 2 aromatic rings. The molecule has 1 aromatic carbocycles. The first kappa shape index (κ1) is 15.7. The lowest BCUT2D eigenvalue weighted by Crippen LogP contribution is -2.50. The van der Waals surface area contributed by atoms with Crippen molar-refractivity contribution in [1.82, 2.24) is 10.6 Å². The molecule has 2 atom stereocenters. The summed E-state index contributed by atoms with van der Waals surface area (Å²) in [5.41, 5.74) is 6.87. The van der Waals surface area contributed by atoms with Crippen molar-refractivity contribution in [3.05, 3.63) is 35.1 Å². The zero-order valence-electron chi connectivity index (χ0n) is 13.8. The van der Waals surface area contributed by atoms with Gasteiger partial charge >= 0.3 is 6.03 Å². The van der Waals surface area contributed by atoms with Crippen molar-refractivity contribution in [1.29, 1.82) is 0 Å². The fraction of sp³-hybridized carbons (Fsp3) is 0.389. The van der Waals surface area contributed by atoms with E-state index in [0.29, 0.717) is 24.0 Å². The first-order valence-electron chi connectivity index (χ1n) is 8.37. The number of carbonyl (C=O) groups is 3. The number of fused-ring (bicyclic) bond motifs is 1. The average molecular weight is 341 g/mol. The molecule has 4 amide bonds. The van der Waals surface area contributed by atoms with Gasteiger partial charge in [-0.15, -0.1) is 0 Å². The molecule has 130 valence electrons. The highest BCUT2D eigenvalue weighted by molar-refractivity contribution is 6.07. The maximum Gasteiger partial charge on any atom is 0.322 e. The zero-order chi connectivity index (χ0) is 17.8. The molecule has 2 aliphatic rings. The minimum Gasteiger partial charge on any atom is -0.451 e. The van der Waals surface area contributed by atoms with Gasteiger partial charge in [0.2, 0.25) is 0 Å². The van der Waals surface area contributed by atoms with E-state index >= 15 is 0 Å². The number of urea groups is 1. The van der Waals surface area contributed by atoms with Crippen LogP contribution in [0.3, 0.4) is 0 Å². The third kappa shape index (κ3) is 2.22. The van der Waals surface area contributed by atoms with E-state index in [2.05, 4.69) is 10.6 Å². The summed E-state index contributed by atoms with van der Waals surface area (Å²) < 4.78 is 5.60. The number of primary amides is 1. The number of rotatable bonds is 3. The van der Waals surface area contributed by atoms with E-state index in [1.807, 2.05) is 19.1 Å². The van der Waals surface area contributed by atoms with Gasteiger partial charge < -0.3 is 15.5 Å². The van der Waals surface area contributed by atoms with Crippen molar-refractivity contribution in [3.63, 3.8) is 0 Å². The molecule has 1 aliphatic carbocycles. The number of furan rings is 1. The quantitative estimate of drug-likeness (QED) is 0.738. The van der Waals surface area contributed by atoms with E-state index < -0.39 is 17.5 Å². The first-order chi connectivity index (χ1) is 11.9. The van der Waals surface area contributed by atoms with Crippen molar-refractivity contribution in [2.45, 2.75) is 38.1 Å². The van der Waals surface area contributed by atoms with Crippen molar-refractivity contribution >= 4 is 28.8 Å². The van der Waals surface area contributed by atoms with Crippen LogP contribution in [0.4, 0.5) is 4.79 Å². The molecule has 1 saturated heterocycles. The highest BCUT2D eigenvalue weighted by Crippen LogP contribution is 2.41. The van der Waals surface area contributed by atoms with Gasteiger partial charge in [0.15, 0.2) is 5.76 Å². The van der Waals surface area contributed by atoms with E-state index in [1.165, 1.54) is 0 Å². The molecule has 0 radical (unpaired) electrons. The van der Waals surface area contributed by atoms with Crippen LogP contribution in [0.15, 0.2) is 22.6 Å². The van der Waals surface area contributed by atoms with Crippen LogP contribution < -0.4 is 16.4 Å². The summed E-state index contributed by atoms with van der Waals surface area (Å²) in [4.78, 5) is 35.6. The van der Waals surface area contributed by atoms with Gasteiger partial charge in [0, 0.05) is 10.9 Å². The van der Waals surface area contributed by atoms with Gasteiger partial charge in [0.05, 0.1) is 0 Å². The predicted octanol–water partition coefficient (Wildman–Crippen LogP) is 1.76. The third-order valence-corrected chi connectivity index (χ3v) is 5.52. The molecule has 2 fully saturated rings. The standard InChI is InChI=1S/C18H19N3O4/c1-9-13-10(4-2-6-12(13)25-14(9)15(19)22)8-11-5-3-7-18(11)16(23)20-17(24)21-18/h2,4,6,11H,3,5,7-8H2,1H3,(H2,19,22)(H2,20,21,23,24). The van der Waals surface area contributed by atoms with Crippen LogP contribution in [-0.4, -0.2) is 23.4 Å². The van der Waals surface area contributed by atoms with Crippen molar-refractivity contribution in [3.8, 4) is 0 Å². The fourth-order valence-corrected chi connectivity index (χ4v) is 4.38. The Morgan fingerprint density at radius 3 is 2.88 bits per heavy atom. The maximum atomic E-state index is 12.4. The van der Waals surface area contributed by atoms with E-state index in [9.17, 15) is 14.4 Å². The Kier molecular flexibility index (Phi) is 3.35. The molecule has 2 unspecified atom stereocenters. The fourth-order valence-electron chi connectivity index (χ4n) is 4.38. The lowest BCUT2D eigenvalue weighted by molar-refractivity contribution is -0.125. The number of nitrogens with one attached hydrogen (secondary N) is 2. The Morgan fingerprint density at radius 2 is 2.20 bits per heavy atom. The molecule has 2 heterocycles. The van der Waals surface area contributed by atoms with Crippen LogP contribution in [0.25, 0.3) is 11.0 Å². The zero-order valence-corrected chi connectivity index (χ0v) is 13.8. The molecule has 1 saturated carbocycles. The normalized spacial score (nSPS) is 25.6. The highest BCUT2D eigenvalue weighted by atomic mass is 16.3. The van der Waals surface area contributed by atoms with E-state index in [-0.39, 0.29) is 17.6 Å². The molecule has 1 spiro atoms. The number of amides is 4. The van der Waals surface area contributed by atoms with Gasteiger partial charge in [-0.05, 0) is 43.7 Å². The van der Waals surface area contributed by atoms with Crippen LogP contribution in [0.1, 0.15) is 40.9 Å². The Bertz CT molecular complexity index is 916. The molecule has 1 aliphatic heterocycles. The molecule has 7 nitrogen and oxygen atoms in total. The molecular formula is C18H19N3O4. The van der Waals surface area contributed by atoms with Gasteiger partial charge in [0.25, 0.3) is 11.8 Å². The minimum absolute atomic E-state index is 0.00382. The summed E-state index contributed by atoms with van der Waals surface area (Å²) in [5.74, 6) is -0.681. The van der Waals surface area contributed by atoms with Gasteiger partial charge in [-0.25, -0.2) is 4.79 Å². The molecule has 1 aromatic heterocycles. The topological polar surface area (TPSA) is 114 Å². The maximum absolute atomic E-state index is 12.4. The largest absolute Gasteiger partial charge is 0.451 e. The second kappa shape index (κ2) is 5.34. The Labute approximate surface area is 143 Å². The molecule has 25 heavy (non-hydrogen) atoms. The number of hydrogen-bond acceptors (Lipinski definition) is 4. The summed E-state index contributed by atoms with van der Waals surface area (Å²) in [7, 11) is 0. The summed E-state index contributed by atoms with van der Waals surface area (Å²) in [6.45, 7) is 1.81. The number of nitrogens with two attached hydrogens (primary N) is 1. The Hall–Kier alpha value is -2.83.